The number of nitrogens with zero attached hydrogens (tertiary/aromatic N) is 1. The third-order valence-corrected chi connectivity index (χ3v) is 4.69. The molecular weight excluding hydrogens is 338 g/mol. The number of carbonyl (C=O) groups excluding carboxylic acids is 2. The Bertz CT molecular complexity index is 841. The fraction of sp³-hybridized carbons (Fsp3) is 0.318. The van der Waals surface area contributed by atoms with Gasteiger partial charge in [0.05, 0.1) is 0 Å². The summed E-state index contributed by atoms with van der Waals surface area (Å²) >= 11 is 0. The number of rotatable bonds is 7. The molecule has 0 radical (unpaired) electrons. The molecule has 5 nitrogen and oxygen atoms in total. The molecule has 0 unspecified atom stereocenters. The summed E-state index contributed by atoms with van der Waals surface area (Å²) in [6.07, 6.45) is 9.66. The van der Waals surface area contributed by atoms with E-state index >= 15 is 0 Å². The first-order valence-electron chi connectivity index (χ1n) is 9.42. The summed E-state index contributed by atoms with van der Waals surface area (Å²) in [5.74, 6) is -0.129. The number of anilines is 2. The molecule has 2 N–H and O–H groups in total. The van der Waals surface area contributed by atoms with Crippen molar-refractivity contribution in [3.63, 3.8) is 0 Å². The van der Waals surface area contributed by atoms with E-state index in [0.29, 0.717) is 17.8 Å². The number of aromatic nitrogens is 1. The average Bonchev–Trinajstić information content (AvgIpc) is 2.69. The van der Waals surface area contributed by atoms with E-state index in [1.54, 1.807) is 31.3 Å². The third kappa shape index (κ3) is 5.51. The highest BCUT2D eigenvalue weighted by atomic mass is 16.1. The smallest absolute Gasteiger partial charge is 0.269 e. The Balaban J connectivity index is 1.56. The lowest BCUT2D eigenvalue weighted by molar-refractivity contribution is 0.0948. The number of nitrogens with one attached hydrogen (secondary N) is 2. The summed E-state index contributed by atoms with van der Waals surface area (Å²) in [4.78, 5) is 27.9. The number of benzene rings is 1. The molecule has 0 atom stereocenters. The molecule has 0 aliphatic heterocycles. The number of amides is 1. The molecule has 0 saturated heterocycles. The van der Waals surface area contributed by atoms with E-state index in [1.165, 1.54) is 18.4 Å². The predicted molar refractivity (Wildman–Crippen MR) is 107 cm³/mol. The second-order valence-electron chi connectivity index (χ2n) is 6.80. The molecule has 0 saturated carbocycles. The van der Waals surface area contributed by atoms with E-state index in [-0.39, 0.29) is 11.7 Å². The number of hydrogen-bond acceptors (Lipinski definition) is 4. The molecule has 1 aliphatic carbocycles. The fourth-order valence-corrected chi connectivity index (χ4v) is 3.15. The summed E-state index contributed by atoms with van der Waals surface area (Å²) in [6.45, 7) is 2.18. The Morgan fingerprint density at radius 1 is 1.07 bits per heavy atom. The van der Waals surface area contributed by atoms with E-state index in [1.807, 2.05) is 18.2 Å². The first-order valence-corrected chi connectivity index (χ1v) is 9.42. The van der Waals surface area contributed by atoms with Gasteiger partial charge in [-0.15, -0.1) is 0 Å². The van der Waals surface area contributed by atoms with Crippen molar-refractivity contribution in [2.75, 3.05) is 11.9 Å². The summed E-state index contributed by atoms with van der Waals surface area (Å²) < 4.78 is 0. The van der Waals surface area contributed by atoms with E-state index < -0.39 is 0 Å². The van der Waals surface area contributed by atoms with Crippen LogP contribution in [0.25, 0.3) is 0 Å². The van der Waals surface area contributed by atoms with Crippen LogP contribution in [0.4, 0.5) is 11.4 Å². The summed E-state index contributed by atoms with van der Waals surface area (Å²) in [6, 6.07) is 10.8. The van der Waals surface area contributed by atoms with Gasteiger partial charge >= 0.3 is 0 Å². The third-order valence-electron chi connectivity index (χ3n) is 4.69. The van der Waals surface area contributed by atoms with Gasteiger partial charge in [0.1, 0.15) is 5.69 Å². The van der Waals surface area contributed by atoms with E-state index in [9.17, 15) is 9.59 Å². The van der Waals surface area contributed by atoms with Crippen LogP contribution in [0, 0.1) is 0 Å². The number of ketones is 1. The van der Waals surface area contributed by atoms with Crippen molar-refractivity contribution in [1.29, 1.82) is 0 Å². The maximum Gasteiger partial charge on any atom is 0.269 e. The molecule has 1 heterocycles. The molecule has 1 amide bonds. The van der Waals surface area contributed by atoms with Gasteiger partial charge in [-0.2, -0.15) is 0 Å². The predicted octanol–water partition coefficient (Wildman–Crippen LogP) is 4.65. The van der Waals surface area contributed by atoms with Crippen molar-refractivity contribution < 1.29 is 9.59 Å². The van der Waals surface area contributed by atoms with Crippen molar-refractivity contribution in [1.82, 2.24) is 10.3 Å². The van der Waals surface area contributed by atoms with Crippen molar-refractivity contribution >= 4 is 23.1 Å². The monoisotopic (exact) mass is 363 g/mol. The largest absolute Gasteiger partial charge is 0.355 e. The normalized spacial score (nSPS) is 13.6. The Morgan fingerprint density at radius 2 is 1.89 bits per heavy atom. The van der Waals surface area contributed by atoms with E-state index in [0.717, 1.165) is 30.6 Å². The van der Waals surface area contributed by atoms with Gasteiger partial charge in [-0.1, -0.05) is 11.6 Å². The van der Waals surface area contributed by atoms with Gasteiger partial charge in [0.2, 0.25) is 0 Å². The first-order chi connectivity index (χ1) is 13.1. The maximum absolute atomic E-state index is 12.4. The van der Waals surface area contributed by atoms with Crippen molar-refractivity contribution in [2.24, 2.45) is 0 Å². The van der Waals surface area contributed by atoms with Gasteiger partial charge in [-0.3, -0.25) is 14.6 Å². The number of carbonyl (C=O) groups is 2. The molecule has 0 spiro atoms. The zero-order chi connectivity index (χ0) is 19.1. The van der Waals surface area contributed by atoms with Crippen molar-refractivity contribution in [3.8, 4) is 0 Å². The standard InChI is InChI=1S/C22H25N3O2/c1-16(26)18-7-9-19(10-8-18)25-20-12-14-23-21(15-20)22(27)24-13-11-17-5-3-2-4-6-17/h5,7-10,12,14-15H,2-4,6,11,13H2,1H3,(H,23,25)(H,24,27). The quantitative estimate of drug-likeness (QED) is 0.555. The van der Waals surface area contributed by atoms with Crippen molar-refractivity contribution in [2.45, 2.75) is 39.0 Å². The zero-order valence-corrected chi connectivity index (χ0v) is 15.6. The molecule has 3 rings (SSSR count). The summed E-state index contributed by atoms with van der Waals surface area (Å²) in [7, 11) is 0. The SMILES string of the molecule is CC(=O)c1ccc(Nc2ccnc(C(=O)NCCC3=CCCCC3)c2)cc1. The lowest BCUT2D eigenvalue weighted by Crippen LogP contribution is -2.25. The highest BCUT2D eigenvalue weighted by molar-refractivity contribution is 5.94. The van der Waals surface area contributed by atoms with Gasteiger partial charge in [-0.05, 0) is 75.4 Å². The van der Waals surface area contributed by atoms with Gasteiger partial charge in [0.15, 0.2) is 5.78 Å². The molecule has 5 heteroatoms. The van der Waals surface area contributed by atoms with Crippen LogP contribution < -0.4 is 10.6 Å². The van der Waals surface area contributed by atoms with Crippen LogP contribution in [0.5, 0.6) is 0 Å². The van der Waals surface area contributed by atoms with Crippen LogP contribution in [-0.4, -0.2) is 23.2 Å². The molecule has 1 aliphatic rings. The molecule has 1 aromatic heterocycles. The van der Waals surface area contributed by atoms with Gasteiger partial charge < -0.3 is 10.6 Å². The highest BCUT2D eigenvalue weighted by Gasteiger charge is 2.09. The van der Waals surface area contributed by atoms with Crippen LogP contribution >= 0.6 is 0 Å². The van der Waals surface area contributed by atoms with Crippen LogP contribution in [0.15, 0.2) is 54.2 Å². The van der Waals surface area contributed by atoms with Crippen LogP contribution in [0.3, 0.4) is 0 Å². The summed E-state index contributed by atoms with van der Waals surface area (Å²) in [5.41, 5.74) is 4.13. The van der Waals surface area contributed by atoms with Crippen molar-refractivity contribution in [3.05, 3.63) is 65.5 Å². The molecule has 0 bridgehead atoms. The Morgan fingerprint density at radius 3 is 2.59 bits per heavy atom. The lowest BCUT2D eigenvalue weighted by atomic mass is 9.97. The number of pyridine rings is 1. The highest BCUT2D eigenvalue weighted by Crippen LogP contribution is 2.20. The van der Waals surface area contributed by atoms with Crippen LogP contribution in [0.1, 0.15) is 59.9 Å². The molecule has 27 heavy (non-hydrogen) atoms. The van der Waals surface area contributed by atoms with E-state index in [4.69, 9.17) is 0 Å². The lowest BCUT2D eigenvalue weighted by Gasteiger charge is -2.13. The first kappa shape index (κ1) is 18.8. The topological polar surface area (TPSA) is 71.1 Å². The molecule has 140 valence electrons. The fourth-order valence-electron chi connectivity index (χ4n) is 3.15. The van der Waals surface area contributed by atoms with E-state index in [2.05, 4.69) is 21.7 Å². The van der Waals surface area contributed by atoms with Crippen LogP contribution in [-0.2, 0) is 0 Å². The summed E-state index contributed by atoms with van der Waals surface area (Å²) in [5, 5.41) is 6.18. The minimum Gasteiger partial charge on any atom is -0.355 e. The number of allylic oxidation sites excluding steroid dienone is 1. The second-order valence-corrected chi connectivity index (χ2v) is 6.80. The Kier molecular flexibility index (Phi) is 6.36. The Labute approximate surface area is 159 Å². The minimum atomic E-state index is -0.165. The zero-order valence-electron chi connectivity index (χ0n) is 15.6. The number of Topliss-reactive ketones (excluding diaryl/α,β-unsaturated/α-hetero) is 1. The van der Waals surface area contributed by atoms with Gasteiger partial charge in [-0.25, -0.2) is 0 Å². The average molecular weight is 363 g/mol. The molecular formula is C22H25N3O2. The molecule has 0 fully saturated rings. The van der Waals surface area contributed by atoms with Gasteiger partial charge in [0, 0.05) is 29.7 Å². The maximum atomic E-state index is 12.4. The number of hydrogen-bond donors (Lipinski definition) is 2. The molecule has 1 aromatic carbocycles. The minimum absolute atomic E-state index is 0.0356. The Hall–Kier alpha value is -2.95. The van der Waals surface area contributed by atoms with Gasteiger partial charge in [0.25, 0.3) is 5.91 Å². The second kappa shape index (κ2) is 9.12. The van der Waals surface area contributed by atoms with Crippen LogP contribution in [0.2, 0.25) is 0 Å². The molecule has 2 aromatic rings.